The smallest absolute Gasteiger partial charge is 0.469 e. The van der Waals surface area contributed by atoms with Crippen LogP contribution in [0.15, 0.2) is 30.3 Å². The minimum absolute atomic E-state index is 0.107. The summed E-state index contributed by atoms with van der Waals surface area (Å²) in [7, 11) is -5.60. The fourth-order valence-electron chi connectivity index (χ4n) is 12.3. The molecule has 0 aliphatic heterocycles. The van der Waals surface area contributed by atoms with Crippen molar-refractivity contribution in [1.82, 2.24) is 74.4 Å². The molecular formula is C77H120N21O36P. The van der Waals surface area contributed by atoms with Gasteiger partial charge in [0.05, 0.1) is 25.2 Å². The Morgan fingerprint density at radius 1 is 0.326 bits per heavy atom. The number of benzene rings is 1. The average Bonchev–Trinajstić information content (AvgIpc) is 0.855. The molecule has 19 amide bonds. The molecule has 0 spiro atoms. The van der Waals surface area contributed by atoms with Gasteiger partial charge in [-0.1, -0.05) is 44.2 Å². The summed E-state index contributed by atoms with van der Waals surface area (Å²) in [6, 6.07) is -22.3. The molecular weight excluding hydrogens is 1830 g/mol. The summed E-state index contributed by atoms with van der Waals surface area (Å²) in [5.41, 5.74) is 38.9. The number of primary amides is 5. The van der Waals surface area contributed by atoms with Gasteiger partial charge in [0.2, 0.25) is 112 Å². The molecule has 0 saturated heterocycles. The number of carboxylic acids is 6. The van der Waals surface area contributed by atoms with Crippen LogP contribution in [0.3, 0.4) is 0 Å². The molecule has 754 valence electrons. The third-order valence-electron chi connectivity index (χ3n) is 19.3. The summed E-state index contributed by atoms with van der Waals surface area (Å²) in [5, 5.41) is 99.2. The normalized spacial score (nSPS) is 14.7. The monoisotopic (exact) mass is 1950 g/mol. The first-order valence-electron chi connectivity index (χ1n) is 41.8. The molecule has 57 nitrogen and oxygen atoms in total. The second-order valence-corrected chi connectivity index (χ2v) is 32.4. The van der Waals surface area contributed by atoms with Crippen LogP contribution >= 0.6 is 7.82 Å². The molecule has 1 aromatic rings. The topological polar surface area (TPSA) is 986 Å². The standard InChI is InChI=1S/C77H120N21O36P/c1-35(2)31-49(73(125)90-42(15-24-55(83)103)68(120)94-48(77(129)130)11-7-8-30-78)95-69(121)46(19-28-59(109)110)91-74(126)50(33-61(113)114)96-70(122)47(20-29-60(111)112)93-76(128)62(36(3)99)98-72(124)43(16-25-56(84)104)88-65(117)41(14-23-54(82)102)86-64(116)40(13-22-53(81)101)87-66(118)44(17-26-57(105)106)89-67(119)45(18-27-58(107)108)92-75(127)51(34-134-135(131,132)133)97-71(123)39(12-21-52(80)100)85-63(115)38(79)32-37-9-5-4-6-10-37/h4-6,9-10,35-36,38-51,62,99H,7-8,11-34,78-79H2,1-3H3,(H2,80,100)(H2,81,101)(H2,82,102)(H2,83,103)(H2,84,104)(H,85,115)(H,86,116)(H,87,118)(H,88,117)(H,89,119)(H,90,125)(H,91,126)(H,92,127)(H,93,128)(H,94,120)(H,95,121)(H,96,122)(H,97,123)(H,98,124)(H,105,106)(H,107,108)(H,109,110)(H,111,112)(H,113,114)(H,129,130)(H2,131,132,133)/t36-,38+,39+,40+,41+,42+,43+,44+,45+,46+,47+,48+,49+,50+,51+,62+/m1/s1. The number of carboxylic acid groups (broad SMARTS) is 6. The zero-order valence-electron chi connectivity index (χ0n) is 73.6. The molecule has 0 aromatic heterocycles. The Bertz CT molecular complexity index is 4430. The number of hydrogen-bond acceptors (Lipinski definition) is 30. The number of phosphoric ester groups is 1. The summed E-state index contributed by atoms with van der Waals surface area (Å²) in [6.07, 6.45) is -18.8. The van der Waals surface area contributed by atoms with Gasteiger partial charge in [-0.25, -0.2) is 9.36 Å². The Morgan fingerprint density at radius 3 is 0.867 bits per heavy atom. The van der Waals surface area contributed by atoms with Gasteiger partial charge >= 0.3 is 43.6 Å². The van der Waals surface area contributed by atoms with Crippen LogP contribution in [0.2, 0.25) is 0 Å². The van der Waals surface area contributed by atoms with Crippen LogP contribution in [0.25, 0.3) is 0 Å². The highest BCUT2D eigenvalue weighted by Gasteiger charge is 2.41. The van der Waals surface area contributed by atoms with Crippen LogP contribution in [0, 0.1) is 5.92 Å². The third-order valence-corrected chi connectivity index (χ3v) is 19.8. The molecule has 0 unspecified atom stereocenters. The average molecular weight is 1950 g/mol. The van der Waals surface area contributed by atoms with E-state index in [0.29, 0.717) is 12.0 Å². The van der Waals surface area contributed by atoms with E-state index < -0.39 is 387 Å². The fraction of sp³-hybridized carbons (Fsp3) is 0.597. The maximum atomic E-state index is 14.5. The number of hydrogen-bond donors (Lipinski definition) is 30. The van der Waals surface area contributed by atoms with E-state index >= 15 is 0 Å². The maximum Gasteiger partial charge on any atom is 0.469 e. The van der Waals surface area contributed by atoms with Crippen molar-refractivity contribution in [2.75, 3.05) is 13.2 Å². The number of rotatable bonds is 70. The Morgan fingerprint density at radius 2 is 0.585 bits per heavy atom. The number of unbranched alkanes of at least 4 members (excludes halogenated alkanes) is 1. The summed E-state index contributed by atoms with van der Waals surface area (Å²) in [6.45, 7) is 2.64. The molecule has 16 atom stereocenters. The van der Waals surface area contributed by atoms with Gasteiger partial charge in [-0.15, -0.1) is 0 Å². The molecule has 0 heterocycles. The molecule has 37 N–H and O–H groups in total. The molecule has 0 radical (unpaired) electrons. The van der Waals surface area contributed by atoms with Gasteiger partial charge in [-0.2, -0.15) is 0 Å². The van der Waals surface area contributed by atoms with E-state index in [1.54, 1.807) is 44.2 Å². The molecule has 1 aromatic carbocycles. The lowest BCUT2D eigenvalue weighted by Crippen LogP contribution is -2.62. The predicted octanol–water partition coefficient (Wildman–Crippen LogP) is -11.6. The molecule has 135 heavy (non-hydrogen) atoms. The van der Waals surface area contributed by atoms with Crippen molar-refractivity contribution in [3.63, 3.8) is 0 Å². The first-order chi connectivity index (χ1) is 62.9. The highest BCUT2D eigenvalue weighted by Crippen LogP contribution is 2.35. The van der Waals surface area contributed by atoms with Gasteiger partial charge in [-0.3, -0.25) is 120 Å². The Hall–Kier alpha value is -14.0. The number of carbonyl (C=O) groups excluding carboxylic acids is 19. The van der Waals surface area contributed by atoms with Gasteiger partial charge in [-0.05, 0) is 115 Å². The van der Waals surface area contributed by atoms with Crippen LogP contribution in [-0.4, -0.2) is 303 Å². The number of aliphatic hydroxyl groups is 1. The van der Waals surface area contributed by atoms with Crippen molar-refractivity contribution in [2.45, 2.75) is 272 Å². The molecule has 0 aliphatic rings. The largest absolute Gasteiger partial charge is 0.481 e. The Balaban J connectivity index is 3.89. The number of nitrogens with one attached hydrogen (secondary N) is 14. The van der Waals surface area contributed by atoms with E-state index in [9.17, 15) is 170 Å². The number of carbonyl (C=O) groups is 25. The molecule has 1 rings (SSSR count). The minimum Gasteiger partial charge on any atom is -0.481 e. The maximum absolute atomic E-state index is 14.5. The molecule has 0 fully saturated rings. The van der Waals surface area contributed by atoms with E-state index in [2.05, 4.69) is 47.1 Å². The molecule has 0 saturated carbocycles. The van der Waals surface area contributed by atoms with Crippen molar-refractivity contribution in [1.29, 1.82) is 0 Å². The predicted molar refractivity (Wildman–Crippen MR) is 457 cm³/mol. The lowest BCUT2D eigenvalue weighted by Gasteiger charge is -2.29. The zero-order chi connectivity index (χ0) is 103. The minimum atomic E-state index is -5.60. The van der Waals surface area contributed by atoms with Gasteiger partial charge < -0.3 is 160 Å². The van der Waals surface area contributed by atoms with Crippen molar-refractivity contribution in [3.8, 4) is 0 Å². The third kappa shape index (κ3) is 50.4. The van der Waals surface area contributed by atoms with E-state index in [4.69, 9.17) is 40.1 Å². The summed E-state index contributed by atoms with van der Waals surface area (Å²) < 4.78 is 16.4. The highest BCUT2D eigenvalue weighted by atomic mass is 31.2. The first-order valence-corrected chi connectivity index (χ1v) is 43.3. The highest BCUT2D eigenvalue weighted by molar-refractivity contribution is 7.46. The Kier molecular flexibility index (Phi) is 53.7. The molecule has 0 bridgehead atoms. The fourth-order valence-corrected chi connectivity index (χ4v) is 12.6. The van der Waals surface area contributed by atoms with E-state index in [0.717, 1.165) is 6.92 Å². The van der Waals surface area contributed by atoms with E-state index in [1.165, 1.54) is 0 Å². The van der Waals surface area contributed by atoms with Crippen LogP contribution in [0.5, 0.6) is 0 Å². The number of aliphatic carboxylic acids is 6. The van der Waals surface area contributed by atoms with Crippen LogP contribution in [-0.2, 0) is 135 Å². The van der Waals surface area contributed by atoms with Gasteiger partial charge in [0.1, 0.15) is 84.6 Å². The summed E-state index contributed by atoms with van der Waals surface area (Å²) >= 11 is 0. The van der Waals surface area contributed by atoms with Crippen molar-refractivity contribution in [2.24, 2.45) is 46.1 Å². The number of aliphatic hydroxyl groups excluding tert-OH is 1. The van der Waals surface area contributed by atoms with Crippen LogP contribution < -0.4 is 115 Å². The summed E-state index contributed by atoms with van der Waals surface area (Å²) in [4.78, 5) is 350. The lowest BCUT2D eigenvalue weighted by atomic mass is 10.0. The van der Waals surface area contributed by atoms with Gasteiger partial charge in [0, 0.05) is 57.8 Å². The van der Waals surface area contributed by atoms with Crippen molar-refractivity contribution < 1.29 is 174 Å². The first kappa shape index (κ1) is 119. The van der Waals surface area contributed by atoms with Crippen LogP contribution in [0.1, 0.15) is 174 Å². The Labute approximate surface area is 768 Å². The quantitative estimate of drug-likeness (QED) is 0.0213. The SMILES string of the molecule is CC(C)C[C@H](NC(=O)[C@H](CCC(=O)O)NC(=O)[C@H](CC(=O)O)NC(=O)[C@H](CCC(=O)O)NC(=O)[C@@H](NC(=O)[C@H](CCC(N)=O)NC(=O)[C@H](CCC(N)=O)NC(=O)[C@H](CCC(N)=O)NC(=O)[C@H](CCC(=O)O)NC(=O)[C@H](CCC(=O)O)NC(=O)[C@H](COP(=O)(O)O)NC(=O)[C@H](CCC(N)=O)NC(=O)[C@@H](N)Cc1ccccc1)[C@@H](C)O)C(=O)N[C@@H](CCC(N)=O)C(=O)N[C@@H](CCCCN)C(=O)O. The second-order valence-electron chi connectivity index (χ2n) is 31.2. The van der Waals surface area contributed by atoms with Crippen molar-refractivity contribution >= 4 is 156 Å². The van der Waals surface area contributed by atoms with Gasteiger partial charge in [0.15, 0.2) is 0 Å². The zero-order valence-corrected chi connectivity index (χ0v) is 74.5. The molecule has 0 aliphatic carbocycles. The molecule has 58 heteroatoms. The number of amides is 19. The van der Waals surface area contributed by atoms with E-state index in [-0.39, 0.29) is 32.2 Å². The van der Waals surface area contributed by atoms with Gasteiger partial charge in [0.25, 0.3) is 0 Å². The van der Waals surface area contributed by atoms with Crippen molar-refractivity contribution in [3.05, 3.63) is 35.9 Å². The second kappa shape index (κ2) is 60.9. The van der Waals surface area contributed by atoms with E-state index in [1.807, 2.05) is 31.9 Å². The number of phosphoric acid groups is 1. The summed E-state index contributed by atoms with van der Waals surface area (Å²) in [5.74, 6) is -36.3. The number of nitrogens with two attached hydrogens (primary N) is 7. The van der Waals surface area contributed by atoms with Crippen LogP contribution in [0.4, 0.5) is 0 Å². The lowest BCUT2D eigenvalue weighted by molar-refractivity contribution is -0.143.